The van der Waals surface area contributed by atoms with E-state index in [1.165, 1.54) is 0 Å². The van der Waals surface area contributed by atoms with Crippen molar-refractivity contribution in [2.45, 2.75) is 20.8 Å². The van der Waals surface area contributed by atoms with Crippen LogP contribution < -0.4 is 5.32 Å². The van der Waals surface area contributed by atoms with Crippen molar-refractivity contribution in [3.05, 3.63) is 70.4 Å². The van der Waals surface area contributed by atoms with E-state index >= 15 is 0 Å². The van der Waals surface area contributed by atoms with Gasteiger partial charge in [0.25, 0.3) is 5.91 Å². The quantitative estimate of drug-likeness (QED) is 0.738. The van der Waals surface area contributed by atoms with Crippen molar-refractivity contribution in [2.24, 2.45) is 0 Å². The standard InChI is InChI=1S/C19H18N2OS/c1-12-8-7-11-16(13(12)2)21-19(22)17-18(23-14(3)20-17)15-9-5-4-6-10-15/h4-11H,1-3H3,(H,21,22). The molecular formula is C19H18N2OS. The molecule has 3 nitrogen and oxygen atoms in total. The highest BCUT2D eigenvalue weighted by Crippen LogP contribution is 2.31. The minimum atomic E-state index is -0.165. The molecule has 0 atom stereocenters. The summed E-state index contributed by atoms with van der Waals surface area (Å²) in [6, 6.07) is 15.8. The fraction of sp³-hybridized carbons (Fsp3) is 0.158. The summed E-state index contributed by atoms with van der Waals surface area (Å²) in [5.41, 5.74) is 4.57. The maximum absolute atomic E-state index is 12.7. The molecule has 0 unspecified atom stereocenters. The molecule has 2 aromatic carbocycles. The van der Waals surface area contributed by atoms with Crippen molar-refractivity contribution in [3.8, 4) is 10.4 Å². The lowest BCUT2D eigenvalue weighted by Crippen LogP contribution is -2.14. The van der Waals surface area contributed by atoms with Crippen LogP contribution in [-0.4, -0.2) is 10.9 Å². The van der Waals surface area contributed by atoms with Crippen LogP contribution in [0.1, 0.15) is 26.6 Å². The van der Waals surface area contributed by atoms with Crippen LogP contribution in [0, 0.1) is 20.8 Å². The summed E-state index contributed by atoms with van der Waals surface area (Å²) in [6.07, 6.45) is 0. The normalized spacial score (nSPS) is 10.6. The predicted octanol–water partition coefficient (Wildman–Crippen LogP) is 4.99. The maximum Gasteiger partial charge on any atom is 0.275 e. The first-order valence-electron chi connectivity index (χ1n) is 7.46. The monoisotopic (exact) mass is 322 g/mol. The second-order valence-electron chi connectivity index (χ2n) is 5.48. The minimum absolute atomic E-state index is 0.165. The van der Waals surface area contributed by atoms with Gasteiger partial charge in [-0.05, 0) is 43.5 Å². The Hall–Kier alpha value is -2.46. The molecule has 1 N–H and O–H groups in total. The van der Waals surface area contributed by atoms with Crippen LogP contribution in [0.15, 0.2) is 48.5 Å². The molecule has 0 saturated heterocycles. The number of aryl methyl sites for hydroxylation is 2. The van der Waals surface area contributed by atoms with Gasteiger partial charge in [0.15, 0.2) is 0 Å². The number of carbonyl (C=O) groups excluding carboxylic acids is 1. The van der Waals surface area contributed by atoms with E-state index in [1.807, 2.05) is 69.3 Å². The molecule has 23 heavy (non-hydrogen) atoms. The van der Waals surface area contributed by atoms with E-state index < -0.39 is 0 Å². The molecule has 0 aliphatic heterocycles. The number of amides is 1. The first-order chi connectivity index (χ1) is 11.1. The lowest BCUT2D eigenvalue weighted by Gasteiger charge is -2.10. The summed E-state index contributed by atoms with van der Waals surface area (Å²) < 4.78 is 0. The van der Waals surface area contributed by atoms with Gasteiger partial charge in [-0.25, -0.2) is 4.98 Å². The Balaban J connectivity index is 1.96. The number of thiazole rings is 1. The summed E-state index contributed by atoms with van der Waals surface area (Å²) in [5.74, 6) is -0.165. The Kier molecular flexibility index (Phi) is 4.26. The summed E-state index contributed by atoms with van der Waals surface area (Å²) in [7, 11) is 0. The van der Waals surface area contributed by atoms with E-state index in [-0.39, 0.29) is 5.91 Å². The lowest BCUT2D eigenvalue weighted by molar-refractivity contribution is 0.102. The minimum Gasteiger partial charge on any atom is -0.320 e. The lowest BCUT2D eigenvalue weighted by atomic mass is 10.1. The first kappa shape index (κ1) is 15.4. The molecule has 0 spiro atoms. The molecule has 1 amide bonds. The van der Waals surface area contributed by atoms with E-state index in [0.29, 0.717) is 5.69 Å². The number of hydrogen-bond donors (Lipinski definition) is 1. The van der Waals surface area contributed by atoms with Crippen LogP contribution in [0.3, 0.4) is 0 Å². The van der Waals surface area contributed by atoms with Crippen LogP contribution in [0.2, 0.25) is 0 Å². The number of nitrogens with zero attached hydrogens (tertiary/aromatic N) is 1. The van der Waals surface area contributed by atoms with E-state index in [4.69, 9.17) is 0 Å². The molecule has 0 fully saturated rings. The average Bonchev–Trinajstić information content (AvgIpc) is 2.95. The van der Waals surface area contributed by atoms with Crippen LogP contribution in [-0.2, 0) is 0 Å². The van der Waals surface area contributed by atoms with Gasteiger partial charge >= 0.3 is 0 Å². The number of anilines is 1. The maximum atomic E-state index is 12.7. The van der Waals surface area contributed by atoms with Crippen molar-refractivity contribution >= 4 is 22.9 Å². The average molecular weight is 322 g/mol. The largest absolute Gasteiger partial charge is 0.320 e. The van der Waals surface area contributed by atoms with Gasteiger partial charge in [-0.3, -0.25) is 4.79 Å². The number of hydrogen-bond acceptors (Lipinski definition) is 3. The van der Waals surface area contributed by atoms with Gasteiger partial charge in [-0.2, -0.15) is 0 Å². The molecule has 0 saturated carbocycles. The van der Waals surface area contributed by atoms with Gasteiger partial charge in [0.1, 0.15) is 5.69 Å². The predicted molar refractivity (Wildman–Crippen MR) is 96.2 cm³/mol. The molecule has 3 aromatic rings. The molecule has 1 heterocycles. The zero-order valence-electron chi connectivity index (χ0n) is 13.4. The van der Waals surface area contributed by atoms with Gasteiger partial charge in [-0.1, -0.05) is 42.5 Å². The fourth-order valence-corrected chi connectivity index (χ4v) is 3.36. The van der Waals surface area contributed by atoms with Crippen LogP contribution in [0.4, 0.5) is 5.69 Å². The van der Waals surface area contributed by atoms with E-state index in [1.54, 1.807) is 11.3 Å². The first-order valence-corrected chi connectivity index (χ1v) is 8.28. The summed E-state index contributed by atoms with van der Waals surface area (Å²) in [4.78, 5) is 18.1. The van der Waals surface area contributed by atoms with Gasteiger partial charge in [0, 0.05) is 5.69 Å². The van der Waals surface area contributed by atoms with Gasteiger partial charge < -0.3 is 5.32 Å². The Bertz CT molecular complexity index is 853. The molecule has 0 radical (unpaired) electrons. The van der Waals surface area contributed by atoms with E-state index in [9.17, 15) is 4.79 Å². The van der Waals surface area contributed by atoms with Gasteiger partial charge in [0.2, 0.25) is 0 Å². The smallest absolute Gasteiger partial charge is 0.275 e. The van der Waals surface area contributed by atoms with Crippen molar-refractivity contribution < 1.29 is 4.79 Å². The second kappa shape index (κ2) is 6.34. The van der Waals surface area contributed by atoms with Crippen molar-refractivity contribution in [1.82, 2.24) is 4.98 Å². The highest BCUT2D eigenvalue weighted by atomic mass is 32.1. The van der Waals surface area contributed by atoms with Crippen molar-refractivity contribution in [3.63, 3.8) is 0 Å². The molecule has 0 aliphatic rings. The highest BCUT2D eigenvalue weighted by Gasteiger charge is 2.19. The molecule has 116 valence electrons. The topological polar surface area (TPSA) is 42.0 Å². The van der Waals surface area contributed by atoms with Crippen molar-refractivity contribution in [2.75, 3.05) is 5.32 Å². The second-order valence-corrected chi connectivity index (χ2v) is 6.68. The molecular weight excluding hydrogens is 304 g/mol. The number of carbonyl (C=O) groups is 1. The summed E-state index contributed by atoms with van der Waals surface area (Å²) in [6.45, 7) is 5.97. The molecule has 0 aliphatic carbocycles. The Morgan fingerprint density at radius 2 is 1.74 bits per heavy atom. The highest BCUT2D eigenvalue weighted by molar-refractivity contribution is 7.15. The third-order valence-corrected chi connectivity index (χ3v) is 4.86. The molecule has 3 rings (SSSR count). The number of rotatable bonds is 3. The van der Waals surface area contributed by atoms with Crippen LogP contribution in [0.5, 0.6) is 0 Å². The number of aromatic nitrogens is 1. The number of benzene rings is 2. The fourth-order valence-electron chi connectivity index (χ4n) is 2.43. The Morgan fingerprint density at radius 1 is 1.00 bits per heavy atom. The van der Waals surface area contributed by atoms with Crippen LogP contribution in [0.25, 0.3) is 10.4 Å². The van der Waals surface area contributed by atoms with Crippen molar-refractivity contribution in [1.29, 1.82) is 0 Å². The molecule has 4 heteroatoms. The third-order valence-electron chi connectivity index (χ3n) is 3.84. The SMILES string of the molecule is Cc1nc(C(=O)Nc2cccc(C)c2C)c(-c2ccccc2)s1. The molecule has 1 aromatic heterocycles. The molecule has 0 bridgehead atoms. The Labute approximate surface area is 140 Å². The third kappa shape index (κ3) is 3.17. The van der Waals surface area contributed by atoms with E-state index in [0.717, 1.165) is 32.3 Å². The zero-order valence-corrected chi connectivity index (χ0v) is 14.2. The van der Waals surface area contributed by atoms with Gasteiger partial charge in [-0.15, -0.1) is 11.3 Å². The van der Waals surface area contributed by atoms with E-state index in [2.05, 4.69) is 10.3 Å². The summed E-state index contributed by atoms with van der Waals surface area (Å²) >= 11 is 1.54. The zero-order chi connectivity index (χ0) is 16.4. The Morgan fingerprint density at radius 3 is 2.48 bits per heavy atom. The van der Waals surface area contributed by atoms with Gasteiger partial charge in [0.05, 0.1) is 9.88 Å². The number of nitrogens with one attached hydrogen (secondary N) is 1. The summed E-state index contributed by atoms with van der Waals surface area (Å²) in [5, 5.41) is 3.88. The van der Waals surface area contributed by atoms with Crippen LogP contribution >= 0.6 is 11.3 Å².